The monoisotopic (exact) mass is 343 g/mol. The molecule has 0 aromatic heterocycles. The number of ether oxygens (including phenoxy) is 1. The molecule has 0 unspecified atom stereocenters. The van der Waals surface area contributed by atoms with Crippen LogP contribution in [-0.2, 0) is 4.79 Å². The van der Waals surface area contributed by atoms with Crippen LogP contribution in [0.4, 0.5) is 5.69 Å². The van der Waals surface area contributed by atoms with Gasteiger partial charge in [0.15, 0.2) is 0 Å². The Morgan fingerprint density at radius 3 is 2.36 bits per heavy atom. The summed E-state index contributed by atoms with van der Waals surface area (Å²) in [7, 11) is 3.70. The van der Waals surface area contributed by atoms with Crippen LogP contribution in [0.3, 0.4) is 0 Å². The van der Waals surface area contributed by atoms with Crippen molar-refractivity contribution in [2.45, 2.75) is 37.8 Å². The van der Waals surface area contributed by atoms with Crippen molar-refractivity contribution in [2.24, 2.45) is 5.92 Å². The third-order valence-corrected chi connectivity index (χ3v) is 6.41. The quantitative estimate of drug-likeness (QED) is 0.843. The highest BCUT2D eigenvalue weighted by atomic mass is 16.5. The first kappa shape index (κ1) is 16.7. The number of carbonyl (C=O) groups is 1. The Morgan fingerprint density at radius 2 is 1.68 bits per heavy atom. The van der Waals surface area contributed by atoms with Crippen LogP contribution >= 0.6 is 0 Å². The molecule has 4 fully saturated rings. The van der Waals surface area contributed by atoms with Crippen LogP contribution < -0.4 is 9.64 Å². The van der Waals surface area contributed by atoms with E-state index in [4.69, 9.17) is 4.74 Å². The van der Waals surface area contributed by atoms with E-state index in [1.807, 2.05) is 24.1 Å². The number of hydrogen-bond acceptors (Lipinski definition) is 4. The second kappa shape index (κ2) is 6.87. The summed E-state index contributed by atoms with van der Waals surface area (Å²) in [6, 6.07) is 9.42. The Bertz CT molecular complexity index is 610. The van der Waals surface area contributed by atoms with E-state index in [9.17, 15) is 4.79 Å². The molecule has 4 heterocycles. The fourth-order valence-corrected chi connectivity index (χ4v) is 4.77. The number of methoxy groups -OCH3 is 1. The van der Waals surface area contributed by atoms with Gasteiger partial charge in [-0.1, -0.05) is 0 Å². The van der Waals surface area contributed by atoms with Crippen LogP contribution in [0.25, 0.3) is 0 Å². The largest absolute Gasteiger partial charge is 0.497 e. The summed E-state index contributed by atoms with van der Waals surface area (Å²) in [5, 5.41) is 0. The van der Waals surface area contributed by atoms with Gasteiger partial charge >= 0.3 is 0 Å². The van der Waals surface area contributed by atoms with E-state index < -0.39 is 0 Å². The van der Waals surface area contributed by atoms with Crippen LogP contribution in [-0.4, -0.2) is 68.1 Å². The molecule has 2 atom stereocenters. The first-order chi connectivity index (χ1) is 12.2. The number of amides is 1. The minimum absolute atomic E-state index is 0.225. The molecule has 4 saturated heterocycles. The molecule has 1 aromatic rings. The number of rotatable bonds is 3. The van der Waals surface area contributed by atoms with Gasteiger partial charge in [-0.2, -0.15) is 0 Å². The Labute approximate surface area is 150 Å². The molecule has 5 nitrogen and oxygen atoms in total. The maximum Gasteiger partial charge on any atom is 0.227 e. The molecule has 0 saturated carbocycles. The zero-order valence-electron chi connectivity index (χ0n) is 15.4. The number of benzene rings is 1. The van der Waals surface area contributed by atoms with E-state index in [2.05, 4.69) is 21.9 Å². The van der Waals surface area contributed by atoms with Crippen LogP contribution in [0.1, 0.15) is 25.7 Å². The Hall–Kier alpha value is -1.75. The molecule has 0 aliphatic carbocycles. The van der Waals surface area contributed by atoms with E-state index in [-0.39, 0.29) is 5.92 Å². The zero-order valence-corrected chi connectivity index (χ0v) is 15.4. The number of likely N-dealkylation sites (N-methyl/N-ethyl adjacent to an activating group) is 1. The summed E-state index contributed by atoms with van der Waals surface area (Å²) in [6.07, 6.45) is 4.62. The molecule has 2 bridgehead atoms. The normalized spacial score (nSPS) is 28.3. The second-order valence-electron chi connectivity index (χ2n) is 7.75. The van der Waals surface area contributed by atoms with Crippen molar-refractivity contribution in [1.82, 2.24) is 9.80 Å². The molecule has 4 aliphatic rings. The molecule has 0 radical (unpaired) electrons. The Morgan fingerprint density at radius 1 is 0.960 bits per heavy atom. The number of nitrogens with zero attached hydrogens (tertiary/aromatic N) is 3. The van der Waals surface area contributed by atoms with Crippen LogP contribution in [0, 0.1) is 5.92 Å². The van der Waals surface area contributed by atoms with Gasteiger partial charge in [-0.15, -0.1) is 0 Å². The lowest BCUT2D eigenvalue weighted by atomic mass is 9.95. The van der Waals surface area contributed by atoms with Gasteiger partial charge in [0.2, 0.25) is 5.91 Å². The minimum atomic E-state index is 0.225. The van der Waals surface area contributed by atoms with Crippen molar-refractivity contribution < 1.29 is 9.53 Å². The van der Waals surface area contributed by atoms with Crippen LogP contribution in [0.5, 0.6) is 5.75 Å². The SMILES string of the molecule is COc1ccc(N2CCC(N3C[C@@H]4CC[C@H](C3)N(C)C4=O)CC2)cc1. The molecule has 5 heteroatoms. The van der Waals surface area contributed by atoms with Gasteiger partial charge in [-0.3, -0.25) is 9.69 Å². The third kappa shape index (κ3) is 3.22. The lowest BCUT2D eigenvalue weighted by Crippen LogP contribution is -2.48. The van der Waals surface area contributed by atoms with Crippen molar-refractivity contribution in [3.8, 4) is 5.75 Å². The smallest absolute Gasteiger partial charge is 0.227 e. The van der Waals surface area contributed by atoms with Crippen molar-refractivity contribution >= 4 is 11.6 Å². The molecule has 4 aliphatic heterocycles. The molecular weight excluding hydrogens is 314 g/mol. The van der Waals surface area contributed by atoms with Gasteiger partial charge in [0.25, 0.3) is 0 Å². The lowest BCUT2D eigenvalue weighted by Gasteiger charge is -2.39. The number of fused-ring (bicyclic) bond motifs is 4. The lowest BCUT2D eigenvalue weighted by molar-refractivity contribution is -0.138. The number of piperidine rings is 2. The average molecular weight is 343 g/mol. The fourth-order valence-electron chi connectivity index (χ4n) is 4.77. The first-order valence-electron chi connectivity index (χ1n) is 9.55. The van der Waals surface area contributed by atoms with E-state index in [0.29, 0.717) is 18.0 Å². The third-order valence-electron chi connectivity index (χ3n) is 6.41. The van der Waals surface area contributed by atoms with Crippen molar-refractivity contribution in [2.75, 3.05) is 45.2 Å². The molecule has 0 N–H and O–H groups in total. The van der Waals surface area contributed by atoms with E-state index in [0.717, 1.165) is 38.3 Å². The van der Waals surface area contributed by atoms with Gasteiger partial charge in [0.05, 0.1) is 13.0 Å². The van der Waals surface area contributed by atoms with Gasteiger partial charge in [0, 0.05) is 51.0 Å². The molecule has 1 amide bonds. The Balaban J connectivity index is 1.38. The number of anilines is 1. The highest BCUT2D eigenvalue weighted by Gasteiger charge is 2.40. The molecule has 136 valence electrons. The topological polar surface area (TPSA) is 36.0 Å². The van der Waals surface area contributed by atoms with Gasteiger partial charge in [-0.25, -0.2) is 0 Å². The Kier molecular flexibility index (Phi) is 4.59. The van der Waals surface area contributed by atoms with Gasteiger partial charge in [0.1, 0.15) is 5.75 Å². The van der Waals surface area contributed by atoms with Crippen LogP contribution in [0.15, 0.2) is 24.3 Å². The summed E-state index contributed by atoms with van der Waals surface area (Å²) >= 11 is 0. The molecule has 25 heavy (non-hydrogen) atoms. The average Bonchev–Trinajstić information content (AvgIpc) is 2.95. The highest BCUT2D eigenvalue weighted by molar-refractivity contribution is 5.80. The van der Waals surface area contributed by atoms with E-state index in [1.165, 1.54) is 24.9 Å². The zero-order chi connectivity index (χ0) is 17.4. The summed E-state index contributed by atoms with van der Waals surface area (Å²) in [6.45, 7) is 4.21. The van der Waals surface area contributed by atoms with E-state index in [1.54, 1.807) is 7.11 Å². The standard InChI is InChI=1S/C20H29N3O2/c1-21-18-4-3-15(20(21)24)13-23(14-18)17-9-11-22(12-10-17)16-5-7-19(25-2)8-6-16/h5-8,15,17-18H,3-4,9-14H2,1-2H3/t15-,18+/m0/s1. The van der Waals surface area contributed by atoms with Crippen molar-refractivity contribution in [1.29, 1.82) is 0 Å². The predicted molar refractivity (Wildman–Crippen MR) is 99.1 cm³/mol. The van der Waals surface area contributed by atoms with Gasteiger partial charge < -0.3 is 14.5 Å². The first-order valence-corrected chi connectivity index (χ1v) is 9.55. The van der Waals surface area contributed by atoms with Crippen molar-refractivity contribution in [3.05, 3.63) is 24.3 Å². The molecular formula is C20H29N3O2. The maximum absolute atomic E-state index is 12.4. The van der Waals surface area contributed by atoms with E-state index >= 15 is 0 Å². The van der Waals surface area contributed by atoms with Crippen LogP contribution in [0.2, 0.25) is 0 Å². The summed E-state index contributed by atoms with van der Waals surface area (Å²) in [5.41, 5.74) is 1.28. The highest BCUT2D eigenvalue weighted by Crippen LogP contribution is 2.31. The summed E-state index contributed by atoms with van der Waals surface area (Å²) in [4.78, 5) is 19.5. The molecule has 5 rings (SSSR count). The molecule has 1 aromatic carbocycles. The van der Waals surface area contributed by atoms with Crippen molar-refractivity contribution in [3.63, 3.8) is 0 Å². The predicted octanol–water partition coefficient (Wildman–Crippen LogP) is 2.22. The number of hydrogen-bond donors (Lipinski definition) is 0. The summed E-state index contributed by atoms with van der Waals surface area (Å²) in [5.74, 6) is 1.50. The second-order valence-corrected chi connectivity index (χ2v) is 7.75. The molecule has 0 spiro atoms. The number of carbonyl (C=O) groups excluding carboxylic acids is 1. The minimum Gasteiger partial charge on any atom is -0.497 e. The van der Waals surface area contributed by atoms with Gasteiger partial charge in [-0.05, 0) is 49.9 Å². The fraction of sp³-hybridized carbons (Fsp3) is 0.650. The maximum atomic E-state index is 12.4. The summed E-state index contributed by atoms with van der Waals surface area (Å²) < 4.78 is 5.25.